The van der Waals surface area contributed by atoms with Gasteiger partial charge in [0.15, 0.2) is 0 Å². The predicted molar refractivity (Wildman–Crippen MR) is 119 cm³/mol. The second-order valence-electron chi connectivity index (χ2n) is 8.36. The number of urea groups is 1. The number of nitrogens with one attached hydrogen (secondary N) is 1. The van der Waals surface area contributed by atoms with Crippen molar-refractivity contribution in [3.8, 4) is 0 Å². The molecule has 0 bridgehead atoms. The van der Waals surface area contributed by atoms with Gasteiger partial charge in [-0.15, -0.1) is 0 Å². The zero-order valence-corrected chi connectivity index (χ0v) is 18.6. The van der Waals surface area contributed by atoms with E-state index >= 15 is 0 Å². The number of imide groups is 1. The number of piperazine rings is 1. The van der Waals surface area contributed by atoms with Gasteiger partial charge in [-0.1, -0.05) is 43.3 Å². The van der Waals surface area contributed by atoms with Crippen LogP contribution in [0.25, 0.3) is 0 Å². The zero-order chi connectivity index (χ0) is 24.5. The quantitative estimate of drug-likeness (QED) is 0.676. The average Bonchev–Trinajstić information content (AvgIpc) is 3.09. The number of halogens is 3. The minimum Gasteiger partial charge on any atom is -0.368 e. The van der Waals surface area contributed by atoms with E-state index in [0.717, 1.165) is 17.0 Å². The molecule has 1 unspecified atom stereocenters. The fourth-order valence-electron chi connectivity index (χ4n) is 4.46. The van der Waals surface area contributed by atoms with E-state index in [1.54, 1.807) is 42.2 Å². The van der Waals surface area contributed by atoms with Crippen LogP contribution in [0.2, 0.25) is 0 Å². The first kappa shape index (κ1) is 23.6. The van der Waals surface area contributed by atoms with Crippen LogP contribution in [0.1, 0.15) is 24.5 Å². The van der Waals surface area contributed by atoms with Crippen LogP contribution in [-0.4, -0.2) is 60.4 Å². The van der Waals surface area contributed by atoms with E-state index in [1.807, 2.05) is 6.07 Å². The van der Waals surface area contributed by atoms with Crippen molar-refractivity contribution in [3.05, 3.63) is 65.7 Å². The molecule has 0 radical (unpaired) electrons. The van der Waals surface area contributed by atoms with Gasteiger partial charge in [-0.05, 0) is 30.2 Å². The van der Waals surface area contributed by atoms with E-state index < -0.39 is 29.2 Å². The summed E-state index contributed by atoms with van der Waals surface area (Å²) in [6, 6.07) is 13.4. The van der Waals surface area contributed by atoms with Gasteiger partial charge in [0.2, 0.25) is 5.91 Å². The molecular weight excluding hydrogens is 449 g/mol. The molecule has 2 aliphatic rings. The first-order valence-electron chi connectivity index (χ1n) is 11.1. The molecule has 10 heteroatoms. The molecule has 1 N–H and O–H groups in total. The van der Waals surface area contributed by atoms with E-state index in [4.69, 9.17) is 0 Å². The van der Waals surface area contributed by atoms with Crippen molar-refractivity contribution >= 4 is 23.5 Å². The molecule has 34 heavy (non-hydrogen) atoms. The molecule has 0 saturated carbocycles. The molecule has 2 aliphatic heterocycles. The van der Waals surface area contributed by atoms with Crippen LogP contribution in [0.5, 0.6) is 0 Å². The third-order valence-corrected chi connectivity index (χ3v) is 6.44. The lowest BCUT2D eigenvalue weighted by Gasteiger charge is -2.36. The predicted octanol–water partition coefficient (Wildman–Crippen LogP) is 3.21. The van der Waals surface area contributed by atoms with Crippen molar-refractivity contribution in [3.63, 3.8) is 0 Å². The van der Waals surface area contributed by atoms with E-state index in [2.05, 4.69) is 5.32 Å². The lowest BCUT2D eigenvalue weighted by molar-refractivity contribution is -0.139. The summed E-state index contributed by atoms with van der Waals surface area (Å²) in [6.07, 6.45) is -4.09. The Balaban J connectivity index is 1.40. The van der Waals surface area contributed by atoms with Gasteiger partial charge < -0.3 is 15.1 Å². The molecule has 4 rings (SSSR count). The SMILES string of the molecule is CCC1(c2ccccc2)NC(=O)N(CC(=O)N2CCN(c3cccc(C(F)(F)F)c3)CC2)C1=O. The Kier molecular flexibility index (Phi) is 6.24. The van der Waals surface area contributed by atoms with Gasteiger partial charge in [0.25, 0.3) is 5.91 Å². The first-order valence-corrected chi connectivity index (χ1v) is 11.1. The minimum atomic E-state index is -4.43. The van der Waals surface area contributed by atoms with Crippen molar-refractivity contribution < 1.29 is 27.6 Å². The Hall–Kier alpha value is -3.56. The molecule has 1 atom stereocenters. The summed E-state index contributed by atoms with van der Waals surface area (Å²) in [5, 5.41) is 2.75. The Bertz CT molecular complexity index is 1080. The largest absolute Gasteiger partial charge is 0.416 e. The second-order valence-corrected chi connectivity index (χ2v) is 8.36. The standard InChI is InChI=1S/C24H25F3N4O3/c1-2-23(17-7-4-3-5-8-17)21(33)31(22(34)28-23)16-20(32)30-13-11-29(12-14-30)19-10-6-9-18(15-19)24(25,26)27/h3-10,15H,2,11-14,16H2,1H3,(H,28,34). The fourth-order valence-corrected chi connectivity index (χ4v) is 4.46. The van der Waals surface area contributed by atoms with Crippen LogP contribution in [0.15, 0.2) is 54.6 Å². The molecule has 2 saturated heterocycles. The van der Waals surface area contributed by atoms with Crippen molar-refractivity contribution in [2.75, 3.05) is 37.6 Å². The minimum absolute atomic E-state index is 0.274. The first-order chi connectivity index (χ1) is 16.2. The van der Waals surface area contributed by atoms with Gasteiger partial charge in [-0.3, -0.25) is 14.5 Å². The number of carbonyl (C=O) groups is 3. The molecule has 2 aromatic rings. The van der Waals surface area contributed by atoms with Crippen LogP contribution in [0, 0.1) is 0 Å². The topological polar surface area (TPSA) is 73.0 Å². The number of anilines is 1. The number of nitrogens with zero attached hydrogens (tertiary/aromatic N) is 3. The Labute approximate surface area is 195 Å². The lowest BCUT2D eigenvalue weighted by Crippen LogP contribution is -2.52. The monoisotopic (exact) mass is 474 g/mol. The number of amides is 4. The summed E-state index contributed by atoms with van der Waals surface area (Å²) in [7, 11) is 0. The van der Waals surface area contributed by atoms with Crippen molar-refractivity contribution in [2.45, 2.75) is 25.1 Å². The summed E-state index contributed by atoms with van der Waals surface area (Å²) in [5.41, 5.74) is -0.840. The maximum Gasteiger partial charge on any atom is 0.416 e. The Morgan fingerprint density at radius 2 is 1.68 bits per heavy atom. The van der Waals surface area contributed by atoms with Crippen LogP contribution < -0.4 is 10.2 Å². The summed E-state index contributed by atoms with van der Waals surface area (Å²) in [6.45, 7) is 2.64. The van der Waals surface area contributed by atoms with Crippen molar-refractivity contribution in [1.82, 2.24) is 15.1 Å². The van der Waals surface area contributed by atoms with E-state index in [0.29, 0.717) is 30.8 Å². The molecule has 7 nitrogen and oxygen atoms in total. The number of benzene rings is 2. The number of rotatable bonds is 5. The van der Waals surface area contributed by atoms with Crippen LogP contribution in [0.3, 0.4) is 0 Å². The third-order valence-electron chi connectivity index (χ3n) is 6.44. The van der Waals surface area contributed by atoms with E-state index in [-0.39, 0.29) is 25.5 Å². The molecule has 2 heterocycles. The summed E-state index contributed by atoms with van der Waals surface area (Å²) >= 11 is 0. The molecule has 0 spiro atoms. The second kappa shape index (κ2) is 9.00. The van der Waals surface area contributed by atoms with Crippen LogP contribution in [-0.2, 0) is 21.3 Å². The molecular formula is C24H25F3N4O3. The molecule has 2 fully saturated rings. The fraction of sp³-hybridized carbons (Fsp3) is 0.375. The summed E-state index contributed by atoms with van der Waals surface area (Å²) in [5.74, 6) is -0.852. The van der Waals surface area contributed by atoms with E-state index in [1.165, 1.54) is 11.0 Å². The smallest absolute Gasteiger partial charge is 0.368 e. The highest BCUT2D eigenvalue weighted by Gasteiger charge is 2.51. The number of alkyl halides is 3. The van der Waals surface area contributed by atoms with Gasteiger partial charge in [-0.25, -0.2) is 4.79 Å². The molecule has 180 valence electrons. The average molecular weight is 474 g/mol. The van der Waals surface area contributed by atoms with Crippen molar-refractivity contribution in [1.29, 1.82) is 0 Å². The van der Waals surface area contributed by atoms with E-state index in [9.17, 15) is 27.6 Å². The summed E-state index contributed by atoms with van der Waals surface area (Å²) in [4.78, 5) is 43.0. The van der Waals surface area contributed by atoms with Crippen LogP contribution in [0.4, 0.5) is 23.7 Å². The highest BCUT2D eigenvalue weighted by atomic mass is 19.4. The van der Waals surface area contributed by atoms with Gasteiger partial charge in [0, 0.05) is 31.9 Å². The Morgan fingerprint density at radius 1 is 1.00 bits per heavy atom. The van der Waals surface area contributed by atoms with Gasteiger partial charge >= 0.3 is 12.2 Å². The highest BCUT2D eigenvalue weighted by molar-refractivity contribution is 6.09. The summed E-state index contributed by atoms with van der Waals surface area (Å²) < 4.78 is 39.0. The van der Waals surface area contributed by atoms with Gasteiger partial charge in [0.1, 0.15) is 12.1 Å². The third kappa shape index (κ3) is 4.32. The normalized spacial score (nSPS) is 21.1. The maximum atomic E-state index is 13.2. The molecule has 2 aromatic carbocycles. The molecule has 0 aliphatic carbocycles. The number of carbonyl (C=O) groups excluding carboxylic acids is 3. The van der Waals surface area contributed by atoms with Gasteiger partial charge in [-0.2, -0.15) is 13.2 Å². The maximum absolute atomic E-state index is 13.2. The van der Waals surface area contributed by atoms with Crippen LogP contribution >= 0.6 is 0 Å². The molecule has 0 aromatic heterocycles. The number of hydrogen-bond acceptors (Lipinski definition) is 4. The Morgan fingerprint density at radius 3 is 2.29 bits per heavy atom. The van der Waals surface area contributed by atoms with Crippen molar-refractivity contribution in [2.24, 2.45) is 0 Å². The highest BCUT2D eigenvalue weighted by Crippen LogP contribution is 2.33. The molecule has 4 amide bonds. The van der Waals surface area contributed by atoms with Gasteiger partial charge in [0.05, 0.1) is 5.56 Å². The number of hydrogen-bond donors (Lipinski definition) is 1. The zero-order valence-electron chi connectivity index (χ0n) is 18.6. The lowest BCUT2D eigenvalue weighted by atomic mass is 9.87.